The van der Waals surface area contributed by atoms with E-state index in [4.69, 9.17) is 0 Å². The van der Waals surface area contributed by atoms with Gasteiger partial charge < -0.3 is 12.4 Å². The van der Waals surface area contributed by atoms with Crippen LogP contribution in [0.25, 0.3) is 0 Å². The van der Waals surface area contributed by atoms with E-state index in [1.54, 1.807) is 16.9 Å². The molecule has 8 heavy (non-hydrogen) atoms. The molecule has 0 unspecified atom stereocenters. The summed E-state index contributed by atoms with van der Waals surface area (Å²) < 4.78 is 1.62. The van der Waals surface area contributed by atoms with Crippen LogP contribution in [0.15, 0.2) is 12.3 Å². The summed E-state index contributed by atoms with van der Waals surface area (Å²) >= 11 is 0. The van der Waals surface area contributed by atoms with E-state index in [0.717, 1.165) is 0 Å². The van der Waals surface area contributed by atoms with Crippen LogP contribution in [0, 0.1) is 6.20 Å². The van der Waals surface area contributed by atoms with Crippen molar-refractivity contribution in [3.63, 3.8) is 0 Å². The molecule has 1 aromatic heterocycles. The van der Waals surface area contributed by atoms with E-state index in [1.807, 2.05) is 7.05 Å². The minimum atomic E-state index is 0. The first-order valence-corrected chi connectivity index (χ1v) is 1.75. The Morgan fingerprint density at radius 2 is 2.25 bits per heavy atom. The van der Waals surface area contributed by atoms with Crippen molar-refractivity contribution >= 4 is 0 Å². The molecular formula is C4H5ClN2Zn-. The molecule has 41 valence electrons. The van der Waals surface area contributed by atoms with Crippen molar-refractivity contribution in [2.75, 3.05) is 0 Å². The summed E-state index contributed by atoms with van der Waals surface area (Å²) in [5, 5.41) is 3.78. The first-order valence-electron chi connectivity index (χ1n) is 1.75. The SMILES string of the molecule is Cn1[c]ccn1.[Cl-].[Zn]. The molecule has 0 fully saturated rings. The number of nitrogens with zero attached hydrogens (tertiary/aromatic N) is 2. The predicted octanol–water partition coefficient (Wildman–Crippen LogP) is -2.78. The van der Waals surface area contributed by atoms with E-state index in [9.17, 15) is 0 Å². The number of aryl methyl sites for hydroxylation is 1. The van der Waals surface area contributed by atoms with Crippen LogP contribution < -0.4 is 12.4 Å². The van der Waals surface area contributed by atoms with Gasteiger partial charge in [-0.2, -0.15) is 5.10 Å². The van der Waals surface area contributed by atoms with Crippen LogP contribution in [-0.4, -0.2) is 9.78 Å². The van der Waals surface area contributed by atoms with Crippen LogP contribution in [0.2, 0.25) is 0 Å². The zero-order valence-corrected chi connectivity index (χ0v) is 8.36. The molecular weight excluding hydrogens is 177 g/mol. The predicted molar refractivity (Wildman–Crippen MR) is 22.0 cm³/mol. The van der Waals surface area contributed by atoms with E-state index in [0.29, 0.717) is 0 Å². The maximum absolute atomic E-state index is 3.78. The number of hydrogen-bond donors (Lipinski definition) is 0. The number of halogens is 1. The van der Waals surface area contributed by atoms with Crippen LogP contribution in [0.5, 0.6) is 0 Å². The quantitative estimate of drug-likeness (QED) is 0.397. The molecule has 0 amide bonds. The van der Waals surface area contributed by atoms with Gasteiger partial charge in [-0.15, -0.1) is 0 Å². The van der Waals surface area contributed by atoms with Crippen molar-refractivity contribution in [1.82, 2.24) is 9.78 Å². The molecule has 4 heteroatoms. The summed E-state index contributed by atoms with van der Waals surface area (Å²) in [5.74, 6) is 0. The minimum absolute atomic E-state index is 0. The number of hydrogen-bond acceptors (Lipinski definition) is 1. The van der Waals surface area contributed by atoms with Crippen molar-refractivity contribution in [3.8, 4) is 0 Å². The number of rotatable bonds is 0. The van der Waals surface area contributed by atoms with Crippen molar-refractivity contribution in [1.29, 1.82) is 0 Å². The Labute approximate surface area is 67.4 Å². The van der Waals surface area contributed by atoms with Gasteiger partial charge in [0, 0.05) is 32.7 Å². The topological polar surface area (TPSA) is 17.8 Å². The van der Waals surface area contributed by atoms with Crippen LogP contribution in [-0.2, 0) is 26.5 Å². The Morgan fingerprint density at radius 1 is 1.62 bits per heavy atom. The van der Waals surface area contributed by atoms with E-state index in [2.05, 4.69) is 11.3 Å². The molecule has 1 heterocycles. The average Bonchev–Trinajstić information content (AvgIpc) is 1.86. The molecule has 0 aliphatic carbocycles. The summed E-state index contributed by atoms with van der Waals surface area (Å²) in [5.41, 5.74) is 0. The smallest absolute Gasteiger partial charge is 0.0859 e. The third-order valence-electron chi connectivity index (χ3n) is 0.576. The van der Waals surface area contributed by atoms with E-state index in [1.165, 1.54) is 0 Å². The van der Waals surface area contributed by atoms with E-state index < -0.39 is 0 Å². The Bertz CT molecular complexity index is 118. The van der Waals surface area contributed by atoms with Crippen molar-refractivity contribution in [2.45, 2.75) is 0 Å². The van der Waals surface area contributed by atoms with Gasteiger partial charge in [-0.3, -0.25) is 4.68 Å². The molecule has 0 saturated heterocycles. The molecule has 0 atom stereocenters. The van der Waals surface area contributed by atoms with Gasteiger partial charge in [0.05, 0.1) is 6.20 Å². The van der Waals surface area contributed by atoms with Crippen molar-refractivity contribution in [3.05, 3.63) is 18.5 Å². The minimum Gasteiger partial charge on any atom is -1.00 e. The molecule has 1 radical (unpaired) electrons. The van der Waals surface area contributed by atoms with Gasteiger partial charge in [-0.25, -0.2) is 0 Å². The Morgan fingerprint density at radius 3 is 2.38 bits per heavy atom. The second-order valence-corrected chi connectivity index (χ2v) is 1.08. The Hall–Kier alpha value is 0.123. The van der Waals surface area contributed by atoms with Gasteiger partial charge in [0.25, 0.3) is 0 Å². The zero-order chi connectivity index (χ0) is 4.41. The Kier molecular flexibility index (Phi) is 7.23. The molecule has 0 aliphatic rings. The fraction of sp³-hybridized carbons (Fsp3) is 0.250. The first kappa shape index (κ1) is 11.0. The van der Waals surface area contributed by atoms with E-state index in [-0.39, 0.29) is 31.9 Å². The monoisotopic (exact) mass is 180 g/mol. The summed E-state index contributed by atoms with van der Waals surface area (Å²) in [4.78, 5) is 0. The van der Waals surface area contributed by atoms with Gasteiger partial charge >= 0.3 is 0 Å². The molecule has 1 rings (SSSR count). The van der Waals surface area contributed by atoms with Gasteiger partial charge in [-0.1, -0.05) is 0 Å². The summed E-state index contributed by atoms with van der Waals surface area (Å²) in [6.07, 6.45) is 4.50. The van der Waals surface area contributed by atoms with Gasteiger partial charge in [0.15, 0.2) is 0 Å². The third-order valence-corrected chi connectivity index (χ3v) is 0.576. The third kappa shape index (κ3) is 3.17. The molecule has 0 aromatic carbocycles. The normalized spacial score (nSPS) is 6.62. The first-order chi connectivity index (χ1) is 2.89. The van der Waals surface area contributed by atoms with Gasteiger partial charge in [0.1, 0.15) is 0 Å². The van der Waals surface area contributed by atoms with Crippen molar-refractivity contribution < 1.29 is 31.9 Å². The van der Waals surface area contributed by atoms with Crippen molar-refractivity contribution in [2.24, 2.45) is 7.05 Å². The zero-order valence-electron chi connectivity index (χ0n) is 4.63. The molecule has 2 nitrogen and oxygen atoms in total. The second kappa shape index (κ2) is 5.26. The van der Waals surface area contributed by atoms with Gasteiger partial charge in [-0.05, 0) is 6.07 Å². The Balaban J connectivity index is 0. The maximum Gasteiger partial charge on any atom is 0.0859 e. The second-order valence-electron chi connectivity index (χ2n) is 1.08. The standard InChI is InChI=1S/C4H5N2.ClH.Zn/c1-6-4-2-3-5-6;;/h2-3H,1H3;1H;/p-1. The molecule has 0 bridgehead atoms. The molecule has 0 N–H and O–H groups in total. The van der Waals surface area contributed by atoms with Crippen LogP contribution >= 0.6 is 0 Å². The summed E-state index contributed by atoms with van der Waals surface area (Å²) in [7, 11) is 1.83. The van der Waals surface area contributed by atoms with Gasteiger partial charge in [0.2, 0.25) is 0 Å². The summed E-state index contributed by atoms with van der Waals surface area (Å²) in [6.45, 7) is 0. The fourth-order valence-electron chi connectivity index (χ4n) is 0.308. The number of aromatic nitrogens is 2. The van der Waals surface area contributed by atoms with Crippen LogP contribution in [0.3, 0.4) is 0 Å². The molecule has 0 aliphatic heterocycles. The maximum atomic E-state index is 3.78. The largest absolute Gasteiger partial charge is 1.00 e. The van der Waals surface area contributed by atoms with E-state index >= 15 is 0 Å². The summed E-state index contributed by atoms with van der Waals surface area (Å²) in [6, 6.07) is 1.76. The molecule has 0 saturated carbocycles. The fourth-order valence-corrected chi connectivity index (χ4v) is 0.308. The molecule has 0 spiro atoms. The van der Waals surface area contributed by atoms with Crippen LogP contribution in [0.4, 0.5) is 0 Å². The van der Waals surface area contributed by atoms with Crippen LogP contribution in [0.1, 0.15) is 0 Å². The molecule has 1 aromatic rings. The average molecular weight is 182 g/mol.